The summed E-state index contributed by atoms with van der Waals surface area (Å²) in [6, 6.07) is 7.69. The summed E-state index contributed by atoms with van der Waals surface area (Å²) in [7, 11) is 0. The van der Waals surface area contributed by atoms with Gasteiger partial charge in [-0.05, 0) is 6.92 Å². The van der Waals surface area contributed by atoms with E-state index in [0.29, 0.717) is 26.2 Å². The van der Waals surface area contributed by atoms with E-state index in [1.54, 1.807) is 0 Å². The van der Waals surface area contributed by atoms with E-state index in [4.69, 9.17) is 4.74 Å². The summed E-state index contributed by atoms with van der Waals surface area (Å²) in [6.45, 7) is 4.78. The number of rotatable bonds is 5. The number of ether oxygens (including phenoxy) is 1. The Morgan fingerprint density at radius 3 is 2.84 bits per heavy atom. The van der Waals surface area contributed by atoms with Gasteiger partial charge in [0.05, 0.1) is 25.9 Å². The number of hydrogen-bond donors (Lipinski definition) is 1. The monoisotopic (exact) mass is 263 g/mol. The van der Waals surface area contributed by atoms with Crippen LogP contribution < -0.4 is 0 Å². The molecule has 1 unspecified atom stereocenters. The molecule has 1 fully saturated rings. The first-order chi connectivity index (χ1) is 9.20. The molecule has 4 nitrogen and oxygen atoms in total. The van der Waals surface area contributed by atoms with E-state index >= 15 is 0 Å². The van der Waals surface area contributed by atoms with E-state index < -0.39 is 0 Å². The van der Waals surface area contributed by atoms with E-state index in [0.717, 1.165) is 17.7 Å². The summed E-state index contributed by atoms with van der Waals surface area (Å²) in [5, 5.41) is 9.27. The number of morpholine rings is 1. The Labute approximate surface area is 114 Å². The second-order valence-electron chi connectivity index (χ2n) is 4.99. The van der Waals surface area contributed by atoms with Crippen LogP contribution in [0.25, 0.3) is 0 Å². The molecule has 0 spiro atoms. The number of nitrogens with zero attached hydrogens (tertiary/aromatic N) is 1. The smallest absolute Gasteiger partial charge is 0.164 e. The first-order valence-electron chi connectivity index (χ1n) is 6.73. The molecule has 19 heavy (non-hydrogen) atoms. The second kappa shape index (κ2) is 6.80. The highest BCUT2D eigenvalue weighted by atomic mass is 16.5. The summed E-state index contributed by atoms with van der Waals surface area (Å²) >= 11 is 0. The van der Waals surface area contributed by atoms with Crippen LogP contribution in [0.3, 0.4) is 0 Å². The number of Topliss-reactive ketones (excluding diaryl/α,β-unsaturated/α-hetero) is 1. The molecule has 0 bridgehead atoms. The van der Waals surface area contributed by atoms with Crippen molar-refractivity contribution in [3.8, 4) is 0 Å². The molecular formula is C15H21NO3. The lowest BCUT2D eigenvalue weighted by Crippen LogP contribution is -2.48. The zero-order valence-electron chi connectivity index (χ0n) is 11.3. The maximum atomic E-state index is 12.1. The molecular weight excluding hydrogens is 242 g/mol. The zero-order chi connectivity index (χ0) is 13.7. The number of hydrogen-bond acceptors (Lipinski definition) is 4. The van der Waals surface area contributed by atoms with Gasteiger partial charge in [0.1, 0.15) is 0 Å². The van der Waals surface area contributed by atoms with Gasteiger partial charge in [-0.3, -0.25) is 9.69 Å². The predicted octanol–water partition coefficient (Wildman–Crippen LogP) is 1.26. The van der Waals surface area contributed by atoms with Crippen LogP contribution in [0.2, 0.25) is 0 Å². The Hall–Kier alpha value is -1.23. The van der Waals surface area contributed by atoms with Crippen LogP contribution in [-0.4, -0.2) is 54.7 Å². The van der Waals surface area contributed by atoms with Crippen molar-refractivity contribution in [1.29, 1.82) is 0 Å². The van der Waals surface area contributed by atoms with E-state index in [1.807, 2.05) is 31.2 Å². The highest BCUT2D eigenvalue weighted by molar-refractivity contribution is 5.96. The number of aliphatic hydroxyl groups excluding tert-OH is 1. The SMILES string of the molecule is Cc1ccc(C(=O)CCN2CCOCC2CO)cc1. The van der Waals surface area contributed by atoms with Crippen LogP contribution in [0.15, 0.2) is 24.3 Å². The Morgan fingerprint density at radius 2 is 2.16 bits per heavy atom. The largest absolute Gasteiger partial charge is 0.395 e. The third kappa shape index (κ3) is 3.86. The minimum atomic E-state index is 0.0274. The van der Waals surface area contributed by atoms with Crippen molar-refractivity contribution in [2.75, 3.05) is 32.9 Å². The van der Waals surface area contributed by atoms with Crippen molar-refractivity contribution in [3.05, 3.63) is 35.4 Å². The molecule has 0 aliphatic carbocycles. The molecule has 4 heteroatoms. The van der Waals surface area contributed by atoms with Crippen molar-refractivity contribution in [2.45, 2.75) is 19.4 Å². The number of aryl methyl sites for hydroxylation is 1. The van der Waals surface area contributed by atoms with Gasteiger partial charge in [-0.1, -0.05) is 29.8 Å². The topological polar surface area (TPSA) is 49.8 Å². The lowest BCUT2D eigenvalue weighted by atomic mass is 10.1. The highest BCUT2D eigenvalue weighted by Gasteiger charge is 2.22. The Kier molecular flexibility index (Phi) is 5.07. The summed E-state index contributed by atoms with van der Waals surface area (Å²) in [5.74, 6) is 0.156. The molecule has 0 saturated carbocycles. The van der Waals surface area contributed by atoms with Crippen LogP contribution in [-0.2, 0) is 4.74 Å². The number of ketones is 1. The Morgan fingerprint density at radius 1 is 1.42 bits per heavy atom. The quantitative estimate of drug-likeness (QED) is 0.813. The van der Waals surface area contributed by atoms with Crippen LogP contribution in [0.1, 0.15) is 22.3 Å². The highest BCUT2D eigenvalue weighted by Crippen LogP contribution is 2.10. The maximum absolute atomic E-state index is 12.1. The van der Waals surface area contributed by atoms with Crippen molar-refractivity contribution >= 4 is 5.78 Å². The minimum absolute atomic E-state index is 0.0274. The maximum Gasteiger partial charge on any atom is 0.164 e. The molecule has 1 aliphatic rings. The van der Waals surface area contributed by atoms with E-state index in [9.17, 15) is 9.90 Å². The molecule has 2 rings (SSSR count). The minimum Gasteiger partial charge on any atom is -0.395 e. The van der Waals surface area contributed by atoms with Gasteiger partial charge in [0.2, 0.25) is 0 Å². The molecule has 1 heterocycles. The van der Waals surface area contributed by atoms with Crippen LogP contribution in [0.4, 0.5) is 0 Å². The average molecular weight is 263 g/mol. The van der Waals surface area contributed by atoms with Gasteiger partial charge in [0, 0.05) is 25.1 Å². The summed E-state index contributed by atoms with van der Waals surface area (Å²) in [5.41, 5.74) is 1.92. The zero-order valence-corrected chi connectivity index (χ0v) is 11.3. The fourth-order valence-corrected chi connectivity index (χ4v) is 2.28. The molecule has 0 aromatic heterocycles. The third-order valence-corrected chi connectivity index (χ3v) is 3.56. The molecule has 1 N–H and O–H groups in total. The molecule has 1 aromatic rings. The first-order valence-corrected chi connectivity index (χ1v) is 6.73. The normalized spacial score (nSPS) is 20.4. The molecule has 1 saturated heterocycles. The number of carbonyl (C=O) groups excluding carboxylic acids is 1. The van der Waals surface area contributed by atoms with Gasteiger partial charge >= 0.3 is 0 Å². The van der Waals surface area contributed by atoms with Crippen molar-refractivity contribution in [2.24, 2.45) is 0 Å². The van der Waals surface area contributed by atoms with Crippen LogP contribution in [0, 0.1) is 6.92 Å². The Balaban J connectivity index is 1.87. The van der Waals surface area contributed by atoms with Crippen LogP contribution in [0.5, 0.6) is 0 Å². The van der Waals surface area contributed by atoms with Gasteiger partial charge in [0.25, 0.3) is 0 Å². The molecule has 104 valence electrons. The molecule has 1 atom stereocenters. The molecule has 0 amide bonds. The predicted molar refractivity (Wildman–Crippen MR) is 73.4 cm³/mol. The summed E-state index contributed by atoms with van der Waals surface area (Å²) < 4.78 is 5.32. The number of aliphatic hydroxyl groups is 1. The van der Waals surface area contributed by atoms with Crippen molar-refractivity contribution in [3.63, 3.8) is 0 Å². The fraction of sp³-hybridized carbons (Fsp3) is 0.533. The number of carbonyl (C=O) groups is 1. The molecule has 1 aromatic carbocycles. The summed E-state index contributed by atoms with van der Waals surface area (Å²) in [6.07, 6.45) is 0.486. The Bertz CT molecular complexity index is 416. The van der Waals surface area contributed by atoms with E-state index in [1.165, 1.54) is 0 Å². The first kappa shape index (κ1) is 14.2. The number of benzene rings is 1. The van der Waals surface area contributed by atoms with Gasteiger partial charge < -0.3 is 9.84 Å². The lowest BCUT2D eigenvalue weighted by molar-refractivity contribution is -0.0270. The van der Waals surface area contributed by atoms with Crippen LogP contribution >= 0.6 is 0 Å². The molecule has 0 radical (unpaired) electrons. The van der Waals surface area contributed by atoms with Crippen molar-refractivity contribution < 1.29 is 14.6 Å². The van der Waals surface area contributed by atoms with E-state index in [-0.39, 0.29) is 18.4 Å². The lowest BCUT2D eigenvalue weighted by Gasteiger charge is -2.34. The second-order valence-corrected chi connectivity index (χ2v) is 4.99. The molecule has 1 aliphatic heterocycles. The van der Waals surface area contributed by atoms with E-state index in [2.05, 4.69) is 4.90 Å². The van der Waals surface area contributed by atoms with Gasteiger partial charge in [-0.25, -0.2) is 0 Å². The van der Waals surface area contributed by atoms with Gasteiger partial charge in [-0.2, -0.15) is 0 Å². The van der Waals surface area contributed by atoms with Gasteiger partial charge in [-0.15, -0.1) is 0 Å². The average Bonchev–Trinajstić information content (AvgIpc) is 2.45. The van der Waals surface area contributed by atoms with Gasteiger partial charge in [0.15, 0.2) is 5.78 Å². The van der Waals surface area contributed by atoms with Crippen molar-refractivity contribution in [1.82, 2.24) is 4.90 Å². The fourth-order valence-electron chi connectivity index (χ4n) is 2.28. The summed E-state index contributed by atoms with van der Waals surface area (Å²) in [4.78, 5) is 14.2. The standard InChI is InChI=1S/C15H21NO3/c1-12-2-4-13(5-3-12)15(18)6-7-16-8-9-19-11-14(16)10-17/h2-5,14,17H,6-11H2,1H3. The third-order valence-electron chi connectivity index (χ3n) is 3.56.